The van der Waals surface area contributed by atoms with Crippen molar-refractivity contribution in [1.29, 1.82) is 0 Å². The van der Waals surface area contributed by atoms with Crippen LogP contribution in [-0.2, 0) is 18.7 Å². The Morgan fingerprint density at radius 2 is 1.89 bits per heavy atom. The van der Waals surface area contributed by atoms with Gasteiger partial charge in [0, 0.05) is 21.3 Å². The smallest absolute Gasteiger partial charge is 0.259 e. The Hall–Kier alpha value is -0.473. The molecule has 2 atom stereocenters. The first-order chi connectivity index (χ1) is 8.89. The Balaban J connectivity index is 3.42. The van der Waals surface area contributed by atoms with Gasteiger partial charge in [-0.05, 0) is 18.5 Å². The predicted octanol–water partition coefficient (Wildman–Crippen LogP) is 0.493. The molecule has 7 heteroatoms. The lowest BCUT2D eigenvalue weighted by atomic mass is 9.92. The van der Waals surface area contributed by atoms with E-state index >= 15 is 0 Å². The molecule has 1 saturated heterocycles. The molecule has 1 rings (SSSR count). The summed E-state index contributed by atoms with van der Waals surface area (Å²) in [4.78, 5) is 11.9. The van der Waals surface area contributed by atoms with Crippen LogP contribution in [0.2, 0.25) is 12.1 Å². The molecule has 1 aliphatic rings. The zero-order valence-corrected chi connectivity index (χ0v) is 13.3. The van der Waals surface area contributed by atoms with Crippen molar-refractivity contribution in [2.45, 2.75) is 49.2 Å². The Morgan fingerprint density at radius 1 is 1.32 bits per heavy atom. The van der Waals surface area contributed by atoms with Gasteiger partial charge in [0.25, 0.3) is 8.32 Å². The van der Waals surface area contributed by atoms with Gasteiger partial charge in [-0.3, -0.25) is 4.79 Å². The van der Waals surface area contributed by atoms with Crippen LogP contribution in [0.15, 0.2) is 0 Å². The van der Waals surface area contributed by atoms with Crippen molar-refractivity contribution in [3.63, 3.8) is 0 Å². The number of methoxy groups -OCH3 is 2. The molecular weight excluding hydrogens is 264 g/mol. The SMILES string of the molecule is CCC[Si]1(OC)CCCC(N)(C(N)=O)C1(OC)OC. The van der Waals surface area contributed by atoms with Crippen LogP contribution in [0.25, 0.3) is 0 Å². The average Bonchev–Trinajstić information content (AvgIpc) is 2.39. The summed E-state index contributed by atoms with van der Waals surface area (Å²) in [5.41, 5.74) is 9.29. The molecule has 4 N–H and O–H groups in total. The molecule has 0 aromatic carbocycles. The maximum absolute atomic E-state index is 11.9. The van der Waals surface area contributed by atoms with Gasteiger partial charge in [-0.1, -0.05) is 19.8 Å². The van der Waals surface area contributed by atoms with E-state index in [4.69, 9.17) is 25.4 Å². The fourth-order valence-electron chi connectivity index (χ4n) is 3.53. The number of carbonyl (C=O) groups is 1. The Kier molecular flexibility index (Phi) is 5.13. The number of hydrogen-bond acceptors (Lipinski definition) is 5. The second-order valence-electron chi connectivity index (χ2n) is 5.16. The van der Waals surface area contributed by atoms with Gasteiger partial charge in [-0.15, -0.1) is 0 Å². The second-order valence-corrected chi connectivity index (χ2v) is 9.22. The molecule has 0 aromatic heterocycles. The van der Waals surface area contributed by atoms with E-state index in [0.717, 1.165) is 24.9 Å². The van der Waals surface area contributed by atoms with Crippen molar-refractivity contribution in [2.75, 3.05) is 21.3 Å². The molecule has 1 heterocycles. The highest BCUT2D eigenvalue weighted by atomic mass is 28.4. The first-order valence-corrected chi connectivity index (χ1v) is 8.96. The lowest BCUT2D eigenvalue weighted by molar-refractivity contribution is -0.209. The predicted molar refractivity (Wildman–Crippen MR) is 74.8 cm³/mol. The Morgan fingerprint density at radius 3 is 2.26 bits per heavy atom. The fourth-order valence-corrected chi connectivity index (χ4v) is 8.47. The first kappa shape index (κ1) is 16.6. The number of nitrogens with two attached hydrogens (primary N) is 2. The van der Waals surface area contributed by atoms with Crippen LogP contribution < -0.4 is 11.5 Å². The summed E-state index contributed by atoms with van der Waals surface area (Å²) in [5, 5.41) is 0. The third-order valence-electron chi connectivity index (χ3n) is 4.40. The topological polar surface area (TPSA) is 96.8 Å². The highest BCUT2D eigenvalue weighted by Crippen LogP contribution is 2.47. The minimum absolute atomic E-state index is 0.450. The summed E-state index contributed by atoms with van der Waals surface area (Å²) < 4.78 is 17.2. The summed E-state index contributed by atoms with van der Waals surface area (Å²) >= 11 is 0. The van der Waals surface area contributed by atoms with Gasteiger partial charge in [-0.25, -0.2) is 0 Å². The van der Waals surface area contributed by atoms with E-state index in [9.17, 15) is 4.79 Å². The standard InChI is InChI=1S/C12H26N2O4Si/c1-5-8-19(18-4)9-6-7-11(14,10(13)15)12(19,16-2)17-3/h5-9,14H2,1-4H3,(H2,13,15). The van der Waals surface area contributed by atoms with Crippen LogP contribution in [-0.4, -0.2) is 46.5 Å². The van der Waals surface area contributed by atoms with Gasteiger partial charge >= 0.3 is 0 Å². The summed E-state index contributed by atoms with van der Waals surface area (Å²) in [6, 6.07) is 1.67. The molecule has 0 bridgehead atoms. The minimum Gasteiger partial charge on any atom is -0.414 e. The Bertz CT molecular complexity index is 334. The van der Waals surface area contributed by atoms with Crippen molar-refractivity contribution in [1.82, 2.24) is 0 Å². The van der Waals surface area contributed by atoms with Crippen LogP contribution in [0.1, 0.15) is 26.2 Å². The largest absolute Gasteiger partial charge is 0.414 e. The van der Waals surface area contributed by atoms with Gasteiger partial charge in [0.15, 0.2) is 0 Å². The molecule has 0 saturated carbocycles. The highest BCUT2D eigenvalue weighted by Gasteiger charge is 2.70. The Labute approximate surface area is 115 Å². The molecule has 0 radical (unpaired) electrons. The third kappa shape index (κ3) is 2.13. The van der Waals surface area contributed by atoms with E-state index in [1.54, 1.807) is 7.11 Å². The maximum atomic E-state index is 11.9. The van der Waals surface area contributed by atoms with E-state index in [0.29, 0.717) is 6.42 Å². The quantitative estimate of drug-likeness (QED) is 0.548. The number of carbonyl (C=O) groups excluding carboxylic acids is 1. The number of amides is 1. The van der Waals surface area contributed by atoms with Crippen molar-refractivity contribution in [3.05, 3.63) is 0 Å². The maximum Gasteiger partial charge on any atom is 0.259 e. The van der Waals surface area contributed by atoms with E-state index in [2.05, 4.69) is 6.92 Å². The highest BCUT2D eigenvalue weighted by molar-refractivity contribution is 6.77. The van der Waals surface area contributed by atoms with Gasteiger partial charge in [0.1, 0.15) is 5.54 Å². The monoisotopic (exact) mass is 290 g/mol. The number of primary amides is 1. The average molecular weight is 290 g/mol. The number of rotatable bonds is 6. The number of ether oxygens (including phenoxy) is 2. The molecule has 6 nitrogen and oxygen atoms in total. The van der Waals surface area contributed by atoms with Crippen LogP contribution in [0.4, 0.5) is 0 Å². The normalized spacial score (nSPS) is 34.2. The molecule has 0 aliphatic carbocycles. The van der Waals surface area contributed by atoms with Gasteiger partial charge in [0.2, 0.25) is 11.3 Å². The molecule has 1 amide bonds. The minimum atomic E-state index is -2.50. The summed E-state index contributed by atoms with van der Waals surface area (Å²) in [5.74, 6) is -0.596. The molecule has 0 spiro atoms. The zero-order valence-electron chi connectivity index (χ0n) is 12.3. The third-order valence-corrected chi connectivity index (χ3v) is 9.70. The van der Waals surface area contributed by atoms with Crippen molar-refractivity contribution in [3.8, 4) is 0 Å². The fraction of sp³-hybridized carbons (Fsp3) is 0.917. The second kappa shape index (κ2) is 5.88. The van der Waals surface area contributed by atoms with Gasteiger partial charge in [0.05, 0.1) is 0 Å². The van der Waals surface area contributed by atoms with E-state index in [-0.39, 0.29) is 0 Å². The van der Waals surface area contributed by atoms with Crippen LogP contribution in [0, 0.1) is 0 Å². The van der Waals surface area contributed by atoms with Gasteiger partial charge < -0.3 is 25.4 Å². The van der Waals surface area contributed by atoms with E-state index in [1.165, 1.54) is 14.2 Å². The van der Waals surface area contributed by atoms with Crippen molar-refractivity contribution < 1.29 is 18.7 Å². The van der Waals surface area contributed by atoms with E-state index < -0.39 is 25.2 Å². The van der Waals surface area contributed by atoms with Crippen molar-refractivity contribution >= 4 is 14.2 Å². The summed E-state index contributed by atoms with van der Waals surface area (Å²) in [6.45, 7) is 2.07. The molecule has 19 heavy (non-hydrogen) atoms. The van der Waals surface area contributed by atoms with Crippen molar-refractivity contribution in [2.24, 2.45) is 11.5 Å². The lowest BCUT2D eigenvalue weighted by Gasteiger charge is -2.56. The molecule has 0 aromatic rings. The zero-order chi connectivity index (χ0) is 14.7. The van der Waals surface area contributed by atoms with Crippen LogP contribution in [0.5, 0.6) is 0 Å². The summed E-state index contributed by atoms with van der Waals surface area (Å²) in [7, 11) is 2.17. The van der Waals surface area contributed by atoms with Crippen LogP contribution >= 0.6 is 0 Å². The molecular formula is C12H26N2O4Si. The first-order valence-electron chi connectivity index (χ1n) is 6.64. The summed E-state index contributed by atoms with van der Waals surface area (Å²) in [6.07, 6.45) is 2.17. The molecule has 1 fully saturated rings. The lowest BCUT2D eigenvalue weighted by Crippen LogP contribution is -2.82. The molecule has 2 unspecified atom stereocenters. The molecule has 112 valence electrons. The molecule has 1 aliphatic heterocycles. The number of hydrogen-bond donors (Lipinski definition) is 2. The van der Waals surface area contributed by atoms with Gasteiger partial charge in [-0.2, -0.15) is 0 Å². The van der Waals surface area contributed by atoms with E-state index in [1.807, 2.05) is 0 Å². The van der Waals surface area contributed by atoms with Crippen LogP contribution in [0.3, 0.4) is 0 Å².